The van der Waals surface area contributed by atoms with E-state index in [0.29, 0.717) is 5.56 Å². The first-order valence-electron chi connectivity index (χ1n) is 3.76. The van der Waals surface area contributed by atoms with Gasteiger partial charge in [-0.15, -0.1) is 0 Å². The van der Waals surface area contributed by atoms with Crippen molar-refractivity contribution in [1.29, 1.82) is 0 Å². The van der Waals surface area contributed by atoms with Gasteiger partial charge in [-0.05, 0) is 19.0 Å². The molecule has 0 bridgehead atoms. The van der Waals surface area contributed by atoms with Crippen LogP contribution in [0.1, 0.15) is 9.68 Å². The van der Waals surface area contributed by atoms with Crippen molar-refractivity contribution in [3.8, 4) is 0 Å². The second kappa shape index (κ2) is 2.31. The molecular formula is C7H7Br. The molecule has 0 spiro atoms. The average Bonchev–Trinajstić information content (AvgIpc) is 1.86. The van der Waals surface area contributed by atoms with Crippen molar-refractivity contribution in [1.82, 2.24) is 0 Å². The lowest BCUT2D eigenvalue weighted by atomic mass is 10.2. The molecule has 0 radical (unpaired) electrons. The average molecular weight is 174 g/mol. The van der Waals surface area contributed by atoms with Crippen LogP contribution < -0.4 is 0 Å². The number of halogens is 1. The third-order valence-corrected chi connectivity index (χ3v) is 1.37. The number of aryl methyl sites for hydroxylation is 1. The van der Waals surface area contributed by atoms with E-state index in [2.05, 4.69) is 15.9 Å². The van der Waals surface area contributed by atoms with Gasteiger partial charge in [0.15, 0.2) is 0 Å². The topological polar surface area (TPSA) is 0 Å². The lowest BCUT2D eigenvalue weighted by Gasteiger charge is -1.88. The van der Waals surface area contributed by atoms with Crippen molar-refractivity contribution in [2.24, 2.45) is 0 Å². The van der Waals surface area contributed by atoms with E-state index >= 15 is 0 Å². The Balaban J connectivity index is 2.99. The minimum Gasteiger partial charge on any atom is -0.0582 e. The summed E-state index contributed by atoms with van der Waals surface area (Å²) in [6.45, 7) is -1.99. The normalized spacial score (nSPS) is 16.4. The molecule has 1 aromatic carbocycles. The monoisotopic (exact) mass is 173 g/mol. The lowest BCUT2D eigenvalue weighted by molar-refractivity contribution is 1.46. The molecule has 1 rings (SSSR count). The molecule has 0 saturated carbocycles. The molecule has 0 aromatic heterocycles. The number of benzene rings is 1. The first-order valence-corrected chi connectivity index (χ1v) is 3.05. The maximum Gasteiger partial charge on any atom is 0.0280 e. The zero-order valence-corrected chi connectivity index (χ0v) is 5.77. The van der Waals surface area contributed by atoms with Gasteiger partial charge in [0, 0.05) is 8.58 Å². The molecule has 42 valence electrons. The maximum atomic E-state index is 7.06. The Morgan fingerprint density at radius 3 is 2.50 bits per heavy atom. The summed E-state index contributed by atoms with van der Waals surface area (Å²) in [5.74, 6) is 0. The number of rotatable bonds is 0. The highest BCUT2D eigenvalue weighted by atomic mass is 79.9. The molecule has 1 heteroatoms. The maximum absolute atomic E-state index is 7.06. The van der Waals surface area contributed by atoms with Crippen LogP contribution in [-0.4, -0.2) is 0 Å². The summed E-state index contributed by atoms with van der Waals surface area (Å²) in [4.78, 5) is 0. The Labute approximate surface area is 61.9 Å². The van der Waals surface area contributed by atoms with Crippen molar-refractivity contribution in [3.05, 3.63) is 34.3 Å². The van der Waals surface area contributed by atoms with Crippen LogP contribution in [0.4, 0.5) is 0 Å². The van der Waals surface area contributed by atoms with Gasteiger partial charge in [-0.2, -0.15) is 0 Å². The molecule has 0 atom stereocenters. The van der Waals surface area contributed by atoms with E-state index in [1.54, 1.807) is 24.3 Å². The minimum absolute atomic E-state index is 0.376. The molecule has 0 fully saturated rings. The smallest absolute Gasteiger partial charge is 0.0280 e. The zero-order valence-electron chi connectivity index (χ0n) is 7.19. The highest BCUT2D eigenvalue weighted by molar-refractivity contribution is 9.10. The van der Waals surface area contributed by atoms with Gasteiger partial charge in [0.05, 0.1) is 0 Å². The molecule has 0 N–H and O–H groups in total. The second-order valence-corrected chi connectivity index (χ2v) is 2.42. The second-order valence-electron chi connectivity index (χ2n) is 1.51. The van der Waals surface area contributed by atoms with E-state index in [-0.39, 0.29) is 0 Å². The highest BCUT2D eigenvalue weighted by Crippen LogP contribution is 2.08. The van der Waals surface area contributed by atoms with E-state index in [9.17, 15) is 0 Å². The van der Waals surface area contributed by atoms with Crippen molar-refractivity contribution in [2.75, 3.05) is 0 Å². The van der Waals surface area contributed by atoms with Gasteiger partial charge in [-0.3, -0.25) is 0 Å². The van der Waals surface area contributed by atoms with Crippen molar-refractivity contribution in [3.63, 3.8) is 0 Å². The van der Waals surface area contributed by atoms with Gasteiger partial charge >= 0.3 is 0 Å². The van der Waals surface area contributed by atoms with Crippen LogP contribution >= 0.6 is 15.9 Å². The largest absolute Gasteiger partial charge is 0.0582 e. The van der Waals surface area contributed by atoms with E-state index < -0.39 is 6.85 Å². The Morgan fingerprint density at radius 2 is 2.00 bits per heavy atom. The summed E-state index contributed by atoms with van der Waals surface area (Å²) in [6, 6.07) is 6.64. The Kier molecular flexibility index (Phi) is 0.873. The van der Waals surface area contributed by atoms with Gasteiger partial charge in [-0.25, -0.2) is 0 Å². The highest BCUT2D eigenvalue weighted by Gasteiger charge is 1.81. The molecule has 0 saturated heterocycles. The third kappa shape index (κ3) is 1.34. The van der Waals surface area contributed by atoms with Crippen LogP contribution in [0.2, 0.25) is 0 Å². The van der Waals surface area contributed by atoms with Crippen molar-refractivity contribution in [2.45, 2.75) is 6.85 Å². The molecule has 0 amide bonds. The number of hydrogen-bond donors (Lipinski definition) is 0. The third-order valence-electron chi connectivity index (χ3n) is 0.844. The predicted molar refractivity (Wildman–Crippen MR) is 38.9 cm³/mol. The first-order chi connectivity index (χ1) is 5.00. The quantitative estimate of drug-likeness (QED) is 0.567. The summed E-state index contributed by atoms with van der Waals surface area (Å²) in [5.41, 5.74) is 0.376. The Hall–Kier alpha value is -0.300. The fourth-order valence-corrected chi connectivity index (χ4v) is 0.714. The van der Waals surface area contributed by atoms with Gasteiger partial charge in [0.1, 0.15) is 0 Å². The van der Waals surface area contributed by atoms with Crippen LogP contribution in [0.15, 0.2) is 28.7 Å². The fraction of sp³-hybridized carbons (Fsp3) is 0.143. The van der Waals surface area contributed by atoms with Crippen LogP contribution in [0.25, 0.3) is 0 Å². The van der Waals surface area contributed by atoms with E-state index in [0.717, 1.165) is 4.47 Å². The number of hydrogen-bond acceptors (Lipinski definition) is 0. The molecule has 0 aliphatic carbocycles. The Bertz CT molecular complexity index is 237. The summed E-state index contributed by atoms with van der Waals surface area (Å²) >= 11 is 3.23. The van der Waals surface area contributed by atoms with Gasteiger partial charge in [0.25, 0.3) is 0 Å². The molecule has 0 aliphatic rings. The van der Waals surface area contributed by atoms with Gasteiger partial charge in [0.2, 0.25) is 0 Å². The molecule has 0 unspecified atom stereocenters. The van der Waals surface area contributed by atoms with Gasteiger partial charge in [-0.1, -0.05) is 33.6 Å². The molecule has 8 heavy (non-hydrogen) atoms. The molecular weight excluding hydrogens is 164 g/mol. The molecule has 0 aliphatic heterocycles. The van der Waals surface area contributed by atoms with E-state index in [1.165, 1.54) is 0 Å². The molecule has 1 aromatic rings. The van der Waals surface area contributed by atoms with Crippen LogP contribution in [-0.2, 0) is 0 Å². The summed E-state index contributed by atoms with van der Waals surface area (Å²) < 4.78 is 22.1. The summed E-state index contributed by atoms with van der Waals surface area (Å²) in [7, 11) is 0. The van der Waals surface area contributed by atoms with E-state index in [4.69, 9.17) is 4.11 Å². The summed E-state index contributed by atoms with van der Waals surface area (Å²) in [5, 5.41) is 0. The standard InChI is InChI=1S/C7H7Br/c1-6-2-4-7(8)5-3-6/h2-5H,1H3/i1D3. The molecule has 0 heterocycles. The van der Waals surface area contributed by atoms with Gasteiger partial charge < -0.3 is 0 Å². The zero-order chi connectivity index (χ0) is 8.48. The predicted octanol–water partition coefficient (Wildman–Crippen LogP) is 2.76. The minimum atomic E-state index is -1.99. The summed E-state index contributed by atoms with van der Waals surface area (Å²) in [6.07, 6.45) is 0. The van der Waals surface area contributed by atoms with Crippen LogP contribution in [0, 0.1) is 6.85 Å². The SMILES string of the molecule is [2H]C([2H])([2H])c1ccc(Br)cc1. The van der Waals surface area contributed by atoms with Crippen molar-refractivity contribution < 1.29 is 4.11 Å². The first kappa shape index (κ1) is 3.02. The lowest BCUT2D eigenvalue weighted by Crippen LogP contribution is -1.66. The van der Waals surface area contributed by atoms with Crippen LogP contribution in [0.5, 0.6) is 0 Å². The van der Waals surface area contributed by atoms with Crippen LogP contribution in [0.3, 0.4) is 0 Å². The Morgan fingerprint density at radius 1 is 1.38 bits per heavy atom. The van der Waals surface area contributed by atoms with Crippen molar-refractivity contribution >= 4 is 15.9 Å². The van der Waals surface area contributed by atoms with E-state index in [1.807, 2.05) is 0 Å². The molecule has 0 nitrogen and oxygen atoms in total. The fourth-order valence-electron chi connectivity index (χ4n) is 0.450.